The lowest BCUT2D eigenvalue weighted by atomic mass is 10.1. The van der Waals surface area contributed by atoms with Crippen LogP contribution >= 0.6 is 0 Å². The number of hydrogen-bond donors (Lipinski definition) is 2. The quantitative estimate of drug-likeness (QED) is 0.548. The summed E-state index contributed by atoms with van der Waals surface area (Å²) in [5.74, 6) is -0.183. The fourth-order valence-corrected chi connectivity index (χ4v) is 5.46. The summed E-state index contributed by atoms with van der Waals surface area (Å²) in [5.41, 5.74) is 1.52. The second kappa shape index (κ2) is 10.5. The molecule has 0 saturated carbocycles. The number of aryl methyl sites for hydroxylation is 1. The monoisotopic (exact) mass is 481 g/mol. The van der Waals surface area contributed by atoms with Gasteiger partial charge in [0, 0.05) is 26.1 Å². The van der Waals surface area contributed by atoms with Gasteiger partial charge in [-0.1, -0.05) is 24.3 Å². The van der Waals surface area contributed by atoms with E-state index in [-0.39, 0.29) is 28.7 Å². The average Bonchev–Trinajstić information content (AvgIpc) is 2.82. The lowest BCUT2D eigenvalue weighted by molar-refractivity contribution is -0.121. The molecular weight excluding hydrogens is 454 g/mol. The summed E-state index contributed by atoms with van der Waals surface area (Å²) in [6.45, 7) is 1.68. The highest BCUT2D eigenvalue weighted by Gasteiger charge is 2.26. The average molecular weight is 482 g/mol. The Hall–Kier alpha value is -2.31. The van der Waals surface area contributed by atoms with E-state index in [0.717, 1.165) is 5.56 Å². The molecule has 9 nitrogen and oxygen atoms in total. The lowest BCUT2D eigenvalue weighted by Gasteiger charge is -2.26. The van der Waals surface area contributed by atoms with Crippen molar-refractivity contribution in [1.29, 1.82) is 0 Å². The van der Waals surface area contributed by atoms with Crippen LogP contribution in [-0.4, -0.2) is 60.4 Å². The molecule has 2 aromatic rings. The van der Waals surface area contributed by atoms with E-state index in [4.69, 9.17) is 4.74 Å². The Morgan fingerprint density at radius 2 is 1.66 bits per heavy atom. The van der Waals surface area contributed by atoms with E-state index in [9.17, 15) is 21.6 Å². The summed E-state index contributed by atoms with van der Waals surface area (Å²) in [4.78, 5) is 12.6. The summed E-state index contributed by atoms with van der Waals surface area (Å²) >= 11 is 0. The first kappa shape index (κ1) is 24.3. The van der Waals surface area contributed by atoms with Gasteiger partial charge in [-0.05, 0) is 48.9 Å². The van der Waals surface area contributed by atoms with Crippen LogP contribution in [0.4, 0.5) is 0 Å². The van der Waals surface area contributed by atoms with Gasteiger partial charge < -0.3 is 10.1 Å². The maximum Gasteiger partial charge on any atom is 0.243 e. The van der Waals surface area contributed by atoms with Crippen LogP contribution in [0.5, 0.6) is 0 Å². The fraction of sp³-hybridized carbons (Fsp3) is 0.381. The summed E-state index contributed by atoms with van der Waals surface area (Å²) in [7, 11) is -5.74. The Bertz CT molecular complexity index is 1140. The number of amides is 1. The summed E-state index contributed by atoms with van der Waals surface area (Å²) < 4.78 is 57.9. The minimum atomic E-state index is -3.54. The number of benzene rings is 2. The predicted octanol–water partition coefficient (Wildman–Crippen LogP) is 0.865. The number of nitrogens with zero attached hydrogens (tertiary/aromatic N) is 1. The van der Waals surface area contributed by atoms with E-state index in [1.54, 1.807) is 36.4 Å². The van der Waals surface area contributed by atoms with Crippen molar-refractivity contribution in [1.82, 2.24) is 14.3 Å². The molecule has 0 atom stereocenters. The molecule has 0 aliphatic carbocycles. The standard InChI is InChI=1S/C21H27N3O6S2/c1-22-31(26,27)20-4-2-3-18(15-20)16-23-21(25)10-7-17-5-8-19(9-6-17)32(28,29)24-11-13-30-14-12-24/h2-6,8-9,15,22H,7,10-14,16H2,1H3,(H,23,25). The first-order valence-electron chi connectivity index (χ1n) is 10.2. The van der Waals surface area contributed by atoms with Crippen LogP contribution in [0.3, 0.4) is 0 Å². The van der Waals surface area contributed by atoms with Crippen molar-refractivity contribution >= 4 is 26.0 Å². The van der Waals surface area contributed by atoms with Gasteiger partial charge in [0.15, 0.2) is 0 Å². The van der Waals surface area contributed by atoms with Crippen molar-refractivity contribution in [2.24, 2.45) is 0 Å². The van der Waals surface area contributed by atoms with Crippen LogP contribution in [0.25, 0.3) is 0 Å². The predicted molar refractivity (Wildman–Crippen MR) is 119 cm³/mol. The van der Waals surface area contributed by atoms with Crippen LogP contribution < -0.4 is 10.0 Å². The number of ether oxygens (including phenoxy) is 1. The highest BCUT2D eigenvalue weighted by molar-refractivity contribution is 7.89. The van der Waals surface area contributed by atoms with Crippen molar-refractivity contribution in [3.05, 3.63) is 59.7 Å². The highest BCUT2D eigenvalue weighted by atomic mass is 32.2. The molecule has 0 unspecified atom stereocenters. The third-order valence-electron chi connectivity index (χ3n) is 5.14. The Morgan fingerprint density at radius 3 is 2.31 bits per heavy atom. The Labute approximate surface area is 188 Å². The molecule has 2 N–H and O–H groups in total. The van der Waals surface area contributed by atoms with Gasteiger partial charge in [-0.3, -0.25) is 4.79 Å². The Morgan fingerprint density at radius 1 is 0.969 bits per heavy atom. The topological polar surface area (TPSA) is 122 Å². The molecule has 1 aliphatic rings. The molecule has 1 fully saturated rings. The van der Waals surface area contributed by atoms with Gasteiger partial charge in [-0.2, -0.15) is 4.31 Å². The number of sulfonamides is 2. The minimum absolute atomic E-state index is 0.138. The van der Waals surface area contributed by atoms with Crippen molar-refractivity contribution in [2.45, 2.75) is 29.2 Å². The maximum absolute atomic E-state index is 12.7. The molecule has 1 saturated heterocycles. The fourth-order valence-electron chi connectivity index (χ4n) is 3.25. The molecule has 0 bridgehead atoms. The molecule has 174 valence electrons. The third-order valence-corrected chi connectivity index (χ3v) is 8.46. The van der Waals surface area contributed by atoms with Gasteiger partial charge >= 0.3 is 0 Å². The molecule has 1 amide bonds. The van der Waals surface area contributed by atoms with Crippen LogP contribution in [0, 0.1) is 0 Å². The second-order valence-corrected chi connectivity index (χ2v) is 11.1. The third kappa shape index (κ3) is 6.14. The minimum Gasteiger partial charge on any atom is -0.379 e. The van der Waals surface area contributed by atoms with Crippen LogP contribution in [0.1, 0.15) is 17.5 Å². The van der Waals surface area contributed by atoms with Crippen LogP contribution in [0.15, 0.2) is 58.3 Å². The number of rotatable bonds is 9. The number of carbonyl (C=O) groups excluding carboxylic acids is 1. The van der Waals surface area contributed by atoms with E-state index < -0.39 is 20.0 Å². The van der Waals surface area contributed by atoms with Gasteiger partial charge in [0.1, 0.15) is 0 Å². The zero-order valence-electron chi connectivity index (χ0n) is 17.8. The second-order valence-electron chi connectivity index (χ2n) is 7.29. The van der Waals surface area contributed by atoms with Crippen molar-refractivity contribution in [3.8, 4) is 0 Å². The molecule has 0 spiro atoms. The van der Waals surface area contributed by atoms with Gasteiger partial charge in [-0.15, -0.1) is 0 Å². The van der Waals surface area contributed by atoms with Crippen molar-refractivity contribution in [3.63, 3.8) is 0 Å². The molecule has 0 aromatic heterocycles. The van der Waals surface area contributed by atoms with E-state index >= 15 is 0 Å². The largest absolute Gasteiger partial charge is 0.379 e. The van der Waals surface area contributed by atoms with Crippen molar-refractivity contribution < 1.29 is 26.4 Å². The van der Waals surface area contributed by atoms with Crippen LogP contribution in [0.2, 0.25) is 0 Å². The molecule has 0 radical (unpaired) electrons. The lowest BCUT2D eigenvalue weighted by Crippen LogP contribution is -2.40. The zero-order valence-corrected chi connectivity index (χ0v) is 19.4. The van der Waals surface area contributed by atoms with E-state index in [1.807, 2.05) is 0 Å². The first-order valence-corrected chi connectivity index (χ1v) is 13.1. The Balaban J connectivity index is 1.52. The molecule has 32 heavy (non-hydrogen) atoms. The molecule has 2 aromatic carbocycles. The molecule has 1 aliphatic heterocycles. The first-order chi connectivity index (χ1) is 15.2. The normalized spacial score (nSPS) is 15.4. The summed E-state index contributed by atoms with van der Waals surface area (Å²) in [5, 5.41) is 2.78. The van der Waals surface area contributed by atoms with Gasteiger partial charge in [0.2, 0.25) is 26.0 Å². The van der Waals surface area contributed by atoms with Gasteiger partial charge in [-0.25, -0.2) is 21.6 Å². The number of carbonyl (C=O) groups is 1. The van der Waals surface area contributed by atoms with E-state index in [0.29, 0.717) is 38.3 Å². The Kier molecular flexibility index (Phi) is 8.01. The van der Waals surface area contributed by atoms with E-state index in [1.165, 1.54) is 23.5 Å². The highest BCUT2D eigenvalue weighted by Crippen LogP contribution is 2.18. The molecule has 3 rings (SSSR count). The number of hydrogen-bond acceptors (Lipinski definition) is 6. The van der Waals surface area contributed by atoms with Gasteiger partial charge in [0.05, 0.1) is 23.0 Å². The molecule has 11 heteroatoms. The summed E-state index contributed by atoms with van der Waals surface area (Å²) in [6.07, 6.45) is 0.682. The maximum atomic E-state index is 12.7. The smallest absolute Gasteiger partial charge is 0.243 e. The number of morpholine rings is 1. The van der Waals surface area contributed by atoms with Crippen molar-refractivity contribution in [2.75, 3.05) is 33.4 Å². The summed E-state index contributed by atoms with van der Waals surface area (Å²) in [6, 6.07) is 12.9. The molecule has 1 heterocycles. The zero-order chi connectivity index (χ0) is 23.2. The molecular formula is C21H27N3O6S2. The SMILES string of the molecule is CNS(=O)(=O)c1cccc(CNC(=O)CCc2ccc(S(=O)(=O)N3CCOCC3)cc2)c1. The number of nitrogens with one attached hydrogen (secondary N) is 2. The van der Waals surface area contributed by atoms with Gasteiger partial charge in [0.25, 0.3) is 0 Å². The van der Waals surface area contributed by atoms with Crippen LogP contribution in [-0.2, 0) is 42.5 Å². The van der Waals surface area contributed by atoms with E-state index in [2.05, 4.69) is 10.0 Å².